The van der Waals surface area contributed by atoms with Gasteiger partial charge >= 0.3 is 0 Å². The first kappa shape index (κ1) is 17.7. The second-order valence-corrected chi connectivity index (χ2v) is 6.00. The van der Waals surface area contributed by atoms with Crippen molar-refractivity contribution in [3.8, 4) is 0 Å². The minimum Gasteiger partial charge on any atom is -0.368 e. The topological polar surface area (TPSA) is 80.9 Å². The van der Waals surface area contributed by atoms with Crippen molar-refractivity contribution in [2.45, 2.75) is 18.5 Å². The van der Waals surface area contributed by atoms with Crippen LogP contribution in [0.4, 0.5) is 4.39 Å². The molecule has 26 heavy (non-hydrogen) atoms. The zero-order chi connectivity index (χ0) is 18.4. The third kappa shape index (κ3) is 3.75. The molecule has 1 amide bonds. The molecule has 3 N–H and O–H groups in total. The van der Waals surface area contributed by atoms with Crippen LogP contribution < -0.4 is 11.1 Å². The smallest absolute Gasteiger partial charge is 0.242 e. The van der Waals surface area contributed by atoms with E-state index in [9.17, 15) is 9.18 Å². The molecule has 0 aliphatic rings. The van der Waals surface area contributed by atoms with E-state index >= 15 is 0 Å². The maximum atomic E-state index is 14.6. The van der Waals surface area contributed by atoms with Gasteiger partial charge in [0, 0.05) is 43.3 Å². The highest BCUT2D eigenvalue weighted by molar-refractivity contribution is 5.86. The Balaban J connectivity index is 2.03. The van der Waals surface area contributed by atoms with Crippen molar-refractivity contribution in [2.24, 2.45) is 5.73 Å². The van der Waals surface area contributed by atoms with Crippen LogP contribution in [0.25, 0.3) is 0 Å². The van der Waals surface area contributed by atoms with Crippen molar-refractivity contribution in [2.75, 3.05) is 0 Å². The Morgan fingerprint density at radius 1 is 1.00 bits per heavy atom. The summed E-state index contributed by atoms with van der Waals surface area (Å²) in [5, 5.41) is 3.18. The summed E-state index contributed by atoms with van der Waals surface area (Å²) in [5.74, 6) is -1.14. The zero-order valence-electron chi connectivity index (χ0n) is 14.1. The third-order valence-corrected chi connectivity index (χ3v) is 4.29. The van der Waals surface area contributed by atoms with Crippen LogP contribution >= 0.6 is 0 Å². The number of hydrogen-bond acceptors (Lipinski definition) is 4. The highest BCUT2D eigenvalue weighted by atomic mass is 19.1. The van der Waals surface area contributed by atoms with Crippen LogP contribution in [-0.4, -0.2) is 15.9 Å². The van der Waals surface area contributed by atoms with E-state index in [1.807, 2.05) is 18.2 Å². The van der Waals surface area contributed by atoms with Gasteiger partial charge in [0.2, 0.25) is 5.91 Å². The number of primary amides is 1. The highest BCUT2D eigenvalue weighted by Crippen LogP contribution is 2.28. The molecular weight excluding hydrogens is 331 g/mol. The van der Waals surface area contributed by atoms with E-state index in [0.29, 0.717) is 6.54 Å². The first-order valence-electron chi connectivity index (χ1n) is 8.19. The van der Waals surface area contributed by atoms with Gasteiger partial charge in [-0.1, -0.05) is 24.3 Å². The van der Waals surface area contributed by atoms with Gasteiger partial charge in [0.15, 0.2) is 0 Å². The fraction of sp³-hybridized carbons (Fsp3) is 0.150. The lowest BCUT2D eigenvalue weighted by molar-refractivity contribution is -0.125. The number of nitrogens with two attached hydrogens (primary N) is 1. The normalized spacial score (nSPS) is 13.1. The third-order valence-electron chi connectivity index (χ3n) is 4.29. The summed E-state index contributed by atoms with van der Waals surface area (Å²) < 4.78 is 14.6. The first-order valence-corrected chi connectivity index (χ1v) is 8.19. The van der Waals surface area contributed by atoms with E-state index in [1.54, 1.807) is 49.1 Å². The lowest BCUT2D eigenvalue weighted by atomic mass is 9.82. The SMILES string of the molecule is NC(=O)C(Cc1cccnc1)(NCc1ccncc1)c1ccccc1F. The van der Waals surface area contributed by atoms with E-state index in [-0.39, 0.29) is 12.0 Å². The summed E-state index contributed by atoms with van der Waals surface area (Å²) in [6, 6.07) is 13.4. The molecule has 6 heteroatoms. The summed E-state index contributed by atoms with van der Waals surface area (Å²) in [5.41, 5.74) is 6.28. The summed E-state index contributed by atoms with van der Waals surface area (Å²) in [7, 11) is 0. The minimum absolute atomic E-state index is 0.183. The lowest BCUT2D eigenvalue weighted by Gasteiger charge is -2.33. The summed E-state index contributed by atoms with van der Waals surface area (Å²) in [6.07, 6.45) is 6.79. The molecule has 5 nitrogen and oxygen atoms in total. The van der Waals surface area contributed by atoms with E-state index < -0.39 is 17.3 Å². The Morgan fingerprint density at radius 2 is 1.77 bits per heavy atom. The predicted octanol–water partition coefficient (Wildman–Crippen LogP) is 2.33. The molecule has 1 aromatic carbocycles. The fourth-order valence-electron chi connectivity index (χ4n) is 2.93. The molecular formula is C20H19FN4O. The second kappa shape index (κ2) is 7.84. The number of aromatic nitrogens is 2. The molecule has 2 aromatic heterocycles. The Labute approximate surface area is 151 Å². The van der Waals surface area contributed by atoms with E-state index in [4.69, 9.17) is 5.73 Å². The fourth-order valence-corrected chi connectivity index (χ4v) is 2.93. The van der Waals surface area contributed by atoms with E-state index in [2.05, 4.69) is 15.3 Å². The number of nitrogens with one attached hydrogen (secondary N) is 1. The maximum Gasteiger partial charge on any atom is 0.242 e. The van der Waals surface area contributed by atoms with Crippen LogP contribution in [0.2, 0.25) is 0 Å². The van der Waals surface area contributed by atoms with Gasteiger partial charge in [-0.2, -0.15) is 0 Å². The molecule has 0 radical (unpaired) electrons. The summed E-state index contributed by atoms with van der Waals surface area (Å²) >= 11 is 0. The van der Waals surface area contributed by atoms with Gasteiger partial charge in [0.1, 0.15) is 11.4 Å². The predicted molar refractivity (Wildman–Crippen MR) is 96.3 cm³/mol. The Kier molecular flexibility index (Phi) is 5.34. The molecule has 1 unspecified atom stereocenters. The molecule has 3 aromatic rings. The van der Waals surface area contributed by atoms with Gasteiger partial charge in [-0.15, -0.1) is 0 Å². The Morgan fingerprint density at radius 3 is 2.42 bits per heavy atom. The lowest BCUT2D eigenvalue weighted by Crippen LogP contribution is -2.54. The molecule has 132 valence electrons. The number of carbonyl (C=O) groups is 1. The molecule has 0 saturated carbocycles. The van der Waals surface area contributed by atoms with E-state index in [0.717, 1.165) is 11.1 Å². The molecule has 0 bridgehead atoms. The molecule has 1 atom stereocenters. The molecule has 0 fully saturated rings. The Hall–Kier alpha value is -3.12. The Bertz CT molecular complexity index is 873. The van der Waals surface area contributed by atoms with Gasteiger partial charge in [0.25, 0.3) is 0 Å². The van der Waals surface area contributed by atoms with Crippen molar-refractivity contribution in [1.82, 2.24) is 15.3 Å². The number of nitrogens with zero attached hydrogens (tertiary/aromatic N) is 2. The quantitative estimate of drug-likeness (QED) is 0.685. The number of hydrogen-bond donors (Lipinski definition) is 2. The van der Waals surface area contributed by atoms with Crippen LogP contribution in [0.15, 0.2) is 73.3 Å². The van der Waals surface area contributed by atoms with Crippen molar-refractivity contribution in [3.63, 3.8) is 0 Å². The number of benzene rings is 1. The van der Waals surface area contributed by atoms with Gasteiger partial charge in [-0.3, -0.25) is 20.1 Å². The van der Waals surface area contributed by atoms with Crippen LogP contribution in [0.1, 0.15) is 16.7 Å². The zero-order valence-corrected chi connectivity index (χ0v) is 14.1. The van der Waals surface area contributed by atoms with E-state index in [1.165, 1.54) is 6.07 Å². The van der Waals surface area contributed by atoms with Crippen LogP contribution in [0.3, 0.4) is 0 Å². The number of carbonyl (C=O) groups excluding carboxylic acids is 1. The first-order chi connectivity index (χ1) is 12.6. The number of halogens is 1. The van der Waals surface area contributed by atoms with Gasteiger partial charge in [0.05, 0.1) is 0 Å². The average Bonchev–Trinajstić information content (AvgIpc) is 2.67. The van der Waals surface area contributed by atoms with Gasteiger partial charge in [-0.25, -0.2) is 4.39 Å². The number of pyridine rings is 2. The monoisotopic (exact) mass is 350 g/mol. The molecule has 0 aliphatic heterocycles. The van der Waals surface area contributed by atoms with Gasteiger partial charge < -0.3 is 5.73 Å². The van der Waals surface area contributed by atoms with Gasteiger partial charge in [-0.05, 0) is 35.4 Å². The summed E-state index contributed by atoms with van der Waals surface area (Å²) in [4.78, 5) is 20.6. The van der Waals surface area contributed by atoms with Crippen LogP contribution in [0.5, 0.6) is 0 Å². The molecule has 2 heterocycles. The molecule has 3 rings (SSSR count). The maximum absolute atomic E-state index is 14.6. The molecule has 0 saturated heterocycles. The van der Waals surface area contributed by atoms with Crippen molar-refractivity contribution in [3.05, 3.63) is 95.8 Å². The average molecular weight is 350 g/mol. The summed E-state index contributed by atoms with van der Waals surface area (Å²) in [6.45, 7) is 0.333. The van der Waals surface area contributed by atoms with Crippen molar-refractivity contribution >= 4 is 5.91 Å². The minimum atomic E-state index is -1.41. The second-order valence-electron chi connectivity index (χ2n) is 6.00. The largest absolute Gasteiger partial charge is 0.368 e. The standard InChI is InChI=1S/C20H19FN4O/c21-18-6-2-1-5-17(18)20(19(22)26,12-16-4-3-9-24-13-16)25-14-15-7-10-23-11-8-15/h1-11,13,25H,12,14H2,(H2,22,26). The van der Waals surface area contributed by atoms with Crippen molar-refractivity contribution < 1.29 is 9.18 Å². The van der Waals surface area contributed by atoms with Crippen molar-refractivity contribution in [1.29, 1.82) is 0 Å². The molecule has 0 spiro atoms. The highest BCUT2D eigenvalue weighted by Gasteiger charge is 2.40. The number of rotatable bonds is 7. The van der Waals surface area contributed by atoms with Crippen LogP contribution in [0, 0.1) is 5.82 Å². The van der Waals surface area contributed by atoms with Crippen LogP contribution in [-0.2, 0) is 23.3 Å². The molecule has 0 aliphatic carbocycles. The number of amides is 1.